The molecule has 6 heteroatoms. The lowest BCUT2D eigenvalue weighted by atomic mass is 10.3. The maximum Gasteiger partial charge on any atom is 0.273 e. The van der Waals surface area contributed by atoms with Gasteiger partial charge in [-0.3, -0.25) is 9.78 Å². The Balaban J connectivity index is 2.18. The quantitative estimate of drug-likeness (QED) is 0.944. The van der Waals surface area contributed by atoms with Gasteiger partial charge in [0.25, 0.3) is 5.91 Å². The van der Waals surface area contributed by atoms with Gasteiger partial charge in [0.15, 0.2) is 5.82 Å². The van der Waals surface area contributed by atoms with Crippen molar-refractivity contribution >= 4 is 27.7 Å². The van der Waals surface area contributed by atoms with Crippen molar-refractivity contribution in [2.45, 2.75) is 19.9 Å². The maximum absolute atomic E-state index is 12.1. The molecule has 2 heterocycles. The molecule has 2 aromatic heterocycles. The van der Waals surface area contributed by atoms with Crippen LogP contribution in [0.25, 0.3) is 0 Å². The molecule has 18 heavy (non-hydrogen) atoms. The van der Waals surface area contributed by atoms with E-state index in [0.717, 1.165) is 17.4 Å². The molecule has 1 amide bonds. The summed E-state index contributed by atoms with van der Waals surface area (Å²) in [5.74, 6) is 0.262. The highest BCUT2D eigenvalue weighted by atomic mass is 79.9. The minimum Gasteiger partial charge on any atom is -0.342 e. The Labute approximate surface area is 113 Å². The zero-order chi connectivity index (χ0) is 13.0. The number of amides is 1. The van der Waals surface area contributed by atoms with Crippen molar-refractivity contribution in [3.63, 3.8) is 0 Å². The first-order valence-corrected chi connectivity index (χ1v) is 6.43. The lowest BCUT2D eigenvalue weighted by molar-refractivity contribution is 0.101. The fraction of sp³-hybridized carbons (Fsp3) is 0.250. The molecule has 0 aromatic carbocycles. The van der Waals surface area contributed by atoms with Crippen LogP contribution in [0, 0.1) is 0 Å². The first kappa shape index (κ1) is 12.8. The van der Waals surface area contributed by atoms with Gasteiger partial charge in [-0.2, -0.15) is 0 Å². The average molecular weight is 309 g/mol. The topological polar surface area (TPSA) is 59.8 Å². The van der Waals surface area contributed by atoms with Gasteiger partial charge < -0.3 is 9.88 Å². The van der Waals surface area contributed by atoms with Crippen molar-refractivity contribution in [2.75, 3.05) is 5.32 Å². The number of nitrogens with zero attached hydrogens (tertiary/aromatic N) is 3. The van der Waals surface area contributed by atoms with Gasteiger partial charge >= 0.3 is 0 Å². The monoisotopic (exact) mass is 308 g/mol. The number of carbonyl (C=O) groups is 1. The molecule has 2 rings (SSSR count). The summed E-state index contributed by atoms with van der Waals surface area (Å²) in [6, 6.07) is 1.79. The van der Waals surface area contributed by atoms with E-state index in [4.69, 9.17) is 0 Å². The standard InChI is InChI=1S/C12H13BrN4O/c1-2-5-17-8-9(13)6-10(17)12(18)16-11-7-14-3-4-15-11/h3-4,6-8H,2,5H2,1H3,(H,15,16,18). The van der Waals surface area contributed by atoms with Gasteiger partial charge in [-0.25, -0.2) is 4.98 Å². The number of aryl methyl sites for hydroxylation is 1. The summed E-state index contributed by atoms with van der Waals surface area (Å²) >= 11 is 3.38. The summed E-state index contributed by atoms with van der Waals surface area (Å²) in [5, 5.41) is 2.72. The molecule has 2 aromatic rings. The van der Waals surface area contributed by atoms with Crippen LogP contribution < -0.4 is 5.32 Å². The molecule has 0 saturated carbocycles. The fourth-order valence-electron chi connectivity index (χ4n) is 1.64. The van der Waals surface area contributed by atoms with Gasteiger partial charge in [0.1, 0.15) is 5.69 Å². The Bertz CT molecular complexity index is 538. The maximum atomic E-state index is 12.1. The molecule has 0 aliphatic carbocycles. The SMILES string of the molecule is CCCn1cc(Br)cc1C(=O)Nc1cnccn1. The Morgan fingerprint density at radius 1 is 1.50 bits per heavy atom. The van der Waals surface area contributed by atoms with E-state index in [1.54, 1.807) is 12.3 Å². The van der Waals surface area contributed by atoms with Crippen molar-refractivity contribution in [1.82, 2.24) is 14.5 Å². The molecular formula is C12H13BrN4O. The largest absolute Gasteiger partial charge is 0.342 e. The number of aromatic nitrogens is 3. The van der Waals surface area contributed by atoms with Crippen LogP contribution in [0.4, 0.5) is 5.82 Å². The van der Waals surface area contributed by atoms with Crippen molar-refractivity contribution < 1.29 is 4.79 Å². The molecule has 0 atom stereocenters. The first-order valence-electron chi connectivity index (χ1n) is 5.63. The Morgan fingerprint density at radius 3 is 3.00 bits per heavy atom. The number of nitrogens with one attached hydrogen (secondary N) is 1. The highest BCUT2D eigenvalue weighted by molar-refractivity contribution is 9.10. The third-order valence-electron chi connectivity index (χ3n) is 2.37. The molecule has 0 bridgehead atoms. The van der Waals surface area contributed by atoms with E-state index in [1.807, 2.05) is 10.8 Å². The molecule has 0 radical (unpaired) electrons. The number of hydrogen-bond donors (Lipinski definition) is 1. The second kappa shape index (κ2) is 5.77. The molecule has 0 aliphatic heterocycles. The molecule has 5 nitrogen and oxygen atoms in total. The molecular weight excluding hydrogens is 296 g/mol. The molecule has 94 valence electrons. The first-order chi connectivity index (χ1) is 8.70. The minimum absolute atomic E-state index is 0.186. The van der Waals surface area contributed by atoms with Crippen molar-refractivity contribution in [3.05, 3.63) is 41.0 Å². The second-order valence-corrected chi connectivity index (χ2v) is 4.70. The van der Waals surface area contributed by atoms with E-state index in [0.29, 0.717) is 11.5 Å². The summed E-state index contributed by atoms with van der Waals surface area (Å²) in [4.78, 5) is 20.0. The summed E-state index contributed by atoms with van der Waals surface area (Å²) < 4.78 is 2.80. The fourth-order valence-corrected chi connectivity index (χ4v) is 2.10. The van der Waals surface area contributed by atoms with Crippen molar-refractivity contribution in [3.8, 4) is 0 Å². The normalized spacial score (nSPS) is 10.3. The lowest BCUT2D eigenvalue weighted by Gasteiger charge is -2.07. The Kier molecular flexibility index (Phi) is 4.09. The number of hydrogen-bond acceptors (Lipinski definition) is 3. The van der Waals surface area contributed by atoms with E-state index in [1.165, 1.54) is 12.4 Å². The van der Waals surface area contributed by atoms with Crippen LogP contribution >= 0.6 is 15.9 Å². The summed E-state index contributed by atoms with van der Waals surface area (Å²) in [5.41, 5.74) is 0.606. The predicted octanol–water partition coefficient (Wildman–Crippen LogP) is 2.70. The van der Waals surface area contributed by atoms with Crippen molar-refractivity contribution in [2.24, 2.45) is 0 Å². The van der Waals surface area contributed by atoms with Gasteiger partial charge in [-0.15, -0.1) is 0 Å². The third-order valence-corrected chi connectivity index (χ3v) is 2.80. The van der Waals surface area contributed by atoms with E-state index in [-0.39, 0.29) is 5.91 Å². The van der Waals surface area contributed by atoms with Crippen LogP contribution in [0.1, 0.15) is 23.8 Å². The summed E-state index contributed by atoms with van der Waals surface area (Å²) in [6.45, 7) is 2.87. The zero-order valence-corrected chi connectivity index (χ0v) is 11.5. The lowest BCUT2D eigenvalue weighted by Crippen LogP contribution is -2.17. The zero-order valence-electron chi connectivity index (χ0n) is 9.93. The van der Waals surface area contributed by atoms with Crippen LogP contribution in [0.5, 0.6) is 0 Å². The van der Waals surface area contributed by atoms with Gasteiger partial charge in [0.2, 0.25) is 0 Å². The van der Waals surface area contributed by atoms with Crippen LogP contribution in [0.15, 0.2) is 35.3 Å². The van der Waals surface area contributed by atoms with Gasteiger partial charge in [0, 0.05) is 29.6 Å². The average Bonchev–Trinajstić information content (AvgIpc) is 2.72. The molecule has 0 spiro atoms. The van der Waals surface area contributed by atoms with Gasteiger partial charge in [-0.1, -0.05) is 6.92 Å². The highest BCUT2D eigenvalue weighted by Gasteiger charge is 2.13. The number of anilines is 1. The van der Waals surface area contributed by atoms with E-state index in [9.17, 15) is 4.79 Å². The highest BCUT2D eigenvalue weighted by Crippen LogP contribution is 2.16. The minimum atomic E-state index is -0.186. The Morgan fingerprint density at radius 2 is 2.33 bits per heavy atom. The van der Waals surface area contributed by atoms with Gasteiger partial charge in [-0.05, 0) is 28.4 Å². The van der Waals surface area contributed by atoms with Crippen LogP contribution in [-0.2, 0) is 6.54 Å². The molecule has 0 saturated heterocycles. The molecule has 0 fully saturated rings. The molecule has 1 N–H and O–H groups in total. The number of halogens is 1. The number of carbonyl (C=O) groups excluding carboxylic acids is 1. The third kappa shape index (κ3) is 2.95. The van der Waals surface area contributed by atoms with Crippen LogP contribution in [0.2, 0.25) is 0 Å². The Hall–Kier alpha value is -1.69. The summed E-state index contributed by atoms with van der Waals surface area (Å²) in [6.07, 6.45) is 7.48. The summed E-state index contributed by atoms with van der Waals surface area (Å²) in [7, 11) is 0. The second-order valence-electron chi connectivity index (χ2n) is 3.78. The van der Waals surface area contributed by atoms with Crippen LogP contribution in [-0.4, -0.2) is 20.4 Å². The van der Waals surface area contributed by atoms with E-state index < -0.39 is 0 Å². The van der Waals surface area contributed by atoms with Crippen molar-refractivity contribution in [1.29, 1.82) is 0 Å². The predicted molar refractivity (Wildman–Crippen MR) is 72.4 cm³/mol. The smallest absolute Gasteiger partial charge is 0.273 e. The van der Waals surface area contributed by atoms with Crippen LogP contribution in [0.3, 0.4) is 0 Å². The van der Waals surface area contributed by atoms with E-state index >= 15 is 0 Å². The van der Waals surface area contributed by atoms with Gasteiger partial charge in [0.05, 0.1) is 6.20 Å². The molecule has 0 aliphatic rings. The number of rotatable bonds is 4. The molecule has 0 unspecified atom stereocenters. The van der Waals surface area contributed by atoms with E-state index in [2.05, 4.69) is 38.1 Å².